The minimum absolute atomic E-state index is 0.718. The molecule has 1 atom stereocenters. The van der Waals surface area contributed by atoms with Crippen molar-refractivity contribution in [3.8, 4) is 0 Å². The van der Waals surface area contributed by atoms with E-state index in [-0.39, 0.29) is 0 Å². The Morgan fingerprint density at radius 3 is 1.91 bits per heavy atom. The van der Waals surface area contributed by atoms with Gasteiger partial charge in [-0.3, -0.25) is 4.21 Å². The maximum absolute atomic E-state index is 10.5. The summed E-state index contributed by atoms with van der Waals surface area (Å²) < 4.78 is 22.6. The average Bonchev–Trinajstić information content (AvgIpc) is 1.84. The summed E-state index contributed by atoms with van der Waals surface area (Å²) in [6, 6.07) is 0. The number of hydrogen-bond donors (Lipinski definition) is 0. The molecule has 0 amide bonds. The van der Waals surface area contributed by atoms with Gasteiger partial charge in [0.25, 0.3) is 0 Å². The Balaban J connectivity index is 2.32. The lowest BCUT2D eigenvalue weighted by atomic mass is 10.1. The Bertz CT molecular complexity index is 132. The number of nitrogens with zero attached hydrogens (tertiary/aromatic N) is 1. The Morgan fingerprint density at radius 1 is 1.00 bits per heavy atom. The van der Waals surface area contributed by atoms with Crippen molar-refractivity contribution in [2.45, 2.75) is 32.1 Å². The summed E-state index contributed by atoms with van der Waals surface area (Å²) in [4.78, 5) is 0. The standard InChI is InChI=1S/C7H15NO2S/c9-11(10)8-6-4-2-1-3-5-7-8/h1-7H2,(H,9,10)/p-1. The zero-order chi connectivity index (χ0) is 8.10. The van der Waals surface area contributed by atoms with E-state index in [4.69, 9.17) is 0 Å². The highest BCUT2D eigenvalue weighted by Gasteiger charge is 2.06. The van der Waals surface area contributed by atoms with Crippen LogP contribution in [0.3, 0.4) is 0 Å². The zero-order valence-electron chi connectivity index (χ0n) is 6.62. The Kier molecular flexibility index (Phi) is 4.04. The summed E-state index contributed by atoms with van der Waals surface area (Å²) in [5.74, 6) is 0. The second-order valence-electron chi connectivity index (χ2n) is 2.91. The van der Waals surface area contributed by atoms with E-state index >= 15 is 0 Å². The first-order chi connectivity index (χ1) is 5.30. The molecule has 0 aromatic carbocycles. The Hall–Kier alpha value is 0.0700. The second kappa shape index (κ2) is 4.85. The molecule has 0 saturated carbocycles. The van der Waals surface area contributed by atoms with E-state index < -0.39 is 11.3 Å². The van der Waals surface area contributed by atoms with Crippen molar-refractivity contribution in [2.75, 3.05) is 13.1 Å². The molecule has 1 aliphatic rings. The molecule has 1 aliphatic heterocycles. The Morgan fingerprint density at radius 2 is 1.45 bits per heavy atom. The van der Waals surface area contributed by atoms with Crippen LogP contribution in [0, 0.1) is 0 Å². The van der Waals surface area contributed by atoms with Gasteiger partial charge in [0.1, 0.15) is 0 Å². The Labute approximate surface area is 70.2 Å². The van der Waals surface area contributed by atoms with Crippen LogP contribution in [0.2, 0.25) is 0 Å². The molecule has 0 aliphatic carbocycles. The van der Waals surface area contributed by atoms with Crippen molar-refractivity contribution in [3.05, 3.63) is 0 Å². The molecule has 1 saturated heterocycles. The van der Waals surface area contributed by atoms with Gasteiger partial charge >= 0.3 is 0 Å². The van der Waals surface area contributed by atoms with E-state index in [0.717, 1.165) is 25.9 Å². The summed E-state index contributed by atoms with van der Waals surface area (Å²) in [6.45, 7) is 1.44. The number of hydrogen-bond acceptors (Lipinski definition) is 2. The van der Waals surface area contributed by atoms with Crippen LogP contribution in [-0.2, 0) is 11.3 Å². The van der Waals surface area contributed by atoms with Gasteiger partial charge in [-0.05, 0) is 12.8 Å². The van der Waals surface area contributed by atoms with Gasteiger partial charge in [-0.2, -0.15) is 0 Å². The molecule has 0 aromatic heterocycles. The van der Waals surface area contributed by atoms with Crippen molar-refractivity contribution in [1.82, 2.24) is 4.31 Å². The highest BCUT2D eigenvalue weighted by atomic mass is 32.2. The third-order valence-electron chi connectivity index (χ3n) is 2.03. The summed E-state index contributed by atoms with van der Waals surface area (Å²) in [5, 5.41) is 0. The van der Waals surface area contributed by atoms with Gasteiger partial charge in [-0.25, -0.2) is 4.31 Å². The third-order valence-corrected chi connectivity index (χ3v) is 2.81. The monoisotopic (exact) mass is 176 g/mol. The lowest BCUT2D eigenvalue weighted by Crippen LogP contribution is -2.28. The molecule has 0 radical (unpaired) electrons. The average molecular weight is 176 g/mol. The predicted molar refractivity (Wildman–Crippen MR) is 43.6 cm³/mol. The van der Waals surface area contributed by atoms with Crippen molar-refractivity contribution in [3.63, 3.8) is 0 Å². The van der Waals surface area contributed by atoms with E-state index in [9.17, 15) is 8.76 Å². The molecule has 0 bridgehead atoms. The van der Waals surface area contributed by atoms with E-state index in [1.165, 1.54) is 23.6 Å². The van der Waals surface area contributed by atoms with Crippen molar-refractivity contribution < 1.29 is 8.76 Å². The topological polar surface area (TPSA) is 43.4 Å². The van der Waals surface area contributed by atoms with Crippen LogP contribution in [0.15, 0.2) is 0 Å². The fourth-order valence-electron chi connectivity index (χ4n) is 1.37. The van der Waals surface area contributed by atoms with E-state index in [1.807, 2.05) is 0 Å². The molecule has 1 fully saturated rings. The van der Waals surface area contributed by atoms with Crippen LogP contribution >= 0.6 is 0 Å². The van der Waals surface area contributed by atoms with Gasteiger partial charge in [0, 0.05) is 24.4 Å². The van der Waals surface area contributed by atoms with Crippen LogP contribution in [0.4, 0.5) is 0 Å². The van der Waals surface area contributed by atoms with Gasteiger partial charge in [0.15, 0.2) is 0 Å². The van der Waals surface area contributed by atoms with E-state index in [0.29, 0.717) is 0 Å². The first-order valence-electron chi connectivity index (χ1n) is 4.15. The van der Waals surface area contributed by atoms with Gasteiger partial charge in [0.05, 0.1) is 0 Å². The van der Waals surface area contributed by atoms with Crippen LogP contribution < -0.4 is 0 Å². The molecule has 1 heterocycles. The largest absolute Gasteiger partial charge is 0.760 e. The number of rotatable bonds is 1. The van der Waals surface area contributed by atoms with Gasteiger partial charge in [-0.15, -0.1) is 0 Å². The van der Waals surface area contributed by atoms with Gasteiger partial charge < -0.3 is 4.55 Å². The highest BCUT2D eigenvalue weighted by molar-refractivity contribution is 7.76. The van der Waals surface area contributed by atoms with Crippen LogP contribution in [-0.4, -0.2) is 26.2 Å². The molecule has 0 spiro atoms. The second-order valence-corrected chi connectivity index (χ2v) is 3.86. The molecule has 3 nitrogen and oxygen atoms in total. The highest BCUT2D eigenvalue weighted by Crippen LogP contribution is 2.10. The van der Waals surface area contributed by atoms with Crippen LogP contribution in [0.5, 0.6) is 0 Å². The molecule has 4 heteroatoms. The van der Waals surface area contributed by atoms with Crippen LogP contribution in [0.1, 0.15) is 32.1 Å². The first kappa shape index (κ1) is 9.16. The SMILES string of the molecule is O=S([O-])N1CCCCCCC1. The van der Waals surface area contributed by atoms with Crippen molar-refractivity contribution in [1.29, 1.82) is 0 Å². The quantitative estimate of drug-likeness (QED) is 0.560. The summed E-state index contributed by atoms with van der Waals surface area (Å²) in [6.07, 6.45) is 5.66. The molecule has 11 heavy (non-hydrogen) atoms. The van der Waals surface area contributed by atoms with E-state index in [1.54, 1.807) is 0 Å². The third kappa shape index (κ3) is 3.31. The molecule has 0 aromatic rings. The lowest BCUT2D eigenvalue weighted by Gasteiger charge is -2.25. The van der Waals surface area contributed by atoms with E-state index in [2.05, 4.69) is 0 Å². The minimum atomic E-state index is -1.99. The molecular weight excluding hydrogens is 162 g/mol. The normalized spacial score (nSPS) is 25.5. The summed E-state index contributed by atoms with van der Waals surface area (Å²) in [7, 11) is 0. The van der Waals surface area contributed by atoms with Gasteiger partial charge in [0.2, 0.25) is 0 Å². The molecule has 1 unspecified atom stereocenters. The molecule has 0 N–H and O–H groups in total. The molecular formula is C7H14NO2S-. The fraction of sp³-hybridized carbons (Fsp3) is 1.00. The maximum Gasteiger partial charge on any atom is 0.0209 e. The lowest BCUT2D eigenvalue weighted by molar-refractivity contribution is 0.350. The van der Waals surface area contributed by atoms with Crippen LogP contribution in [0.25, 0.3) is 0 Å². The minimum Gasteiger partial charge on any atom is -0.760 e. The molecule has 66 valence electrons. The maximum atomic E-state index is 10.5. The molecule has 1 rings (SSSR count). The van der Waals surface area contributed by atoms with Crippen molar-refractivity contribution >= 4 is 11.3 Å². The summed E-state index contributed by atoms with van der Waals surface area (Å²) >= 11 is -1.99. The zero-order valence-corrected chi connectivity index (χ0v) is 7.44. The van der Waals surface area contributed by atoms with Crippen molar-refractivity contribution in [2.24, 2.45) is 0 Å². The summed E-state index contributed by atoms with van der Waals surface area (Å²) in [5.41, 5.74) is 0. The smallest absolute Gasteiger partial charge is 0.0209 e. The first-order valence-corrected chi connectivity index (χ1v) is 5.18. The fourth-order valence-corrected chi connectivity index (χ4v) is 1.92. The van der Waals surface area contributed by atoms with Gasteiger partial charge in [-0.1, -0.05) is 19.3 Å². The predicted octanol–water partition coefficient (Wildman–Crippen LogP) is 1.05.